The van der Waals surface area contributed by atoms with Gasteiger partial charge in [0.25, 0.3) is 5.91 Å². The summed E-state index contributed by atoms with van der Waals surface area (Å²) in [6.07, 6.45) is 0. The maximum absolute atomic E-state index is 12.2. The lowest BCUT2D eigenvalue weighted by Crippen LogP contribution is -2.42. The third-order valence-electron chi connectivity index (χ3n) is 4.20. The lowest BCUT2D eigenvalue weighted by atomic mass is 10.1. The summed E-state index contributed by atoms with van der Waals surface area (Å²) in [5.41, 5.74) is 7.17. The number of aryl methyl sites for hydroxylation is 1. The first-order chi connectivity index (χ1) is 13.6. The van der Waals surface area contributed by atoms with E-state index in [4.69, 9.17) is 9.47 Å². The van der Waals surface area contributed by atoms with Crippen LogP contribution in [0.15, 0.2) is 53.6 Å². The SMILES string of the molecule is Cc1cc(SCC(=O)NNC(=O)c2ccc3c(c2)OCO3)nc2ccccc12. The smallest absolute Gasteiger partial charge is 0.269 e. The van der Waals surface area contributed by atoms with Crippen molar-refractivity contribution in [1.82, 2.24) is 15.8 Å². The lowest BCUT2D eigenvalue weighted by molar-refractivity contribution is -0.119. The average Bonchev–Trinajstić information content (AvgIpc) is 3.18. The maximum Gasteiger partial charge on any atom is 0.269 e. The van der Waals surface area contributed by atoms with Crippen molar-refractivity contribution in [3.8, 4) is 11.5 Å². The van der Waals surface area contributed by atoms with Crippen molar-refractivity contribution in [3.63, 3.8) is 0 Å². The molecule has 0 saturated carbocycles. The quantitative estimate of drug-likeness (QED) is 0.522. The average molecular weight is 395 g/mol. The van der Waals surface area contributed by atoms with Gasteiger partial charge in [-0.3, -0.25) is 20.4 Å². The third-order valence-corrected chi connectivity index (χ3v) is 5.11. The number of carbonyl (C=O) groups is 2. The summed E-state index contributed by atoms with van der Waals surface area (Å²) in [4.78, 5) is 28.8. The minimum absolute atomic E-state index is 0.131. The first kappa shape index (κ1) is 18.1. The number of aromatic nitrogens is 1. The van der Waals surface area contributed by atoms with E-state index in [1.807, 2.05) is 37.3 Å². The largest absolute Gasteiger partial charge is 0.454 e. The molecule has 142 valence electrons. The molecule has 4 rings (SSSR count). The molecule has 3 aromatic rings. The van der Waals surface area contributed by atoms with Gasteiger partial charge in [0.2, 0.25) is 12.7 Å². The van der Waals surface area contributed by atoms with Crippen molar-refractivity contribution in [3.05, 3.63) is 59.7 Å². The van der Waals surface area contributed by atoms with Gasteiger partial charge in [-0.15, -0.1) is 0 Å². The standard InChI is InChI=1S/C20H17N3O4S/c1-12-8-19(21-15-5-3-2-4-14(12)15)28-10-18(24)22-23-20(25)13-6-7-16-17(9-13)27-11-26-16/h2-9H,10-11H2,1H3,(H,22,24)(H,23,25). The summed E-state index contributed by atoms with van der Waals surface area (Å²) >= 11 is 1.31. The second-order valence-electron chi connectivity index (χ2n) is 6.15. The number of hydrazine groups is 1. The van der Waals surface area contributed by atoms with Crippen LogP contribution in [0.3, 0.4) is 0 Å². The number of para-hydroxylation sites is 1. The number of thioether (sulfide) groups is 1. The summed E-state index contributed by atoms with van der Waals surface area (Å²) in [6.45, 7) is 2.15. The Hall–Kier alpha value is -3.26. The molecule has 8 heteroatoms. The highest BCUT2D eigenvalue weighted by atomic mass is 32.2. The summed E-state index contributed by atoms with van der Waals surface area (Å²) in [7, 11) is 0. The van der Waals surface area contributed by atoms with Crippen LogP contribution in [0.5, 0.6) is 11.5 Å². The summed E-state index contributed by atoms with van der Waals surface area (Å²) in [6, 6.07) is 14.6. The van der Waals surface area contributed by atoms with E-state index in [0.717, 1.165) is 21.5 Å². The van der Waals surface area contributed by atoms with Crippen molar-refractivity contribution < 1.29 is 19.1 Å². The van der Waals surface area contributed by atoms with Crippen LogP contribution >= 0.6 is 11.8 Å². The molecule has 1 aliphatic rings. The summed E-state index contributed by atoms with van der Waals surface area (Å²) in [5, 5.41) is 1.85. The van der Waals surface area contributed by atoms with Gasteiger partial charge in [0.15, 0.2) is 11.5 Å². The molecule has 2 N–H and O–H groups in total. The zero-order valence-electron chi connectivity index (χ0n) is 15.0. The number of benzene rings is 2. The molecule has 0 atom stereocenters. The maximum atomic E-state index is 12.2. The number of hydrogen-bond donors (Lipinski definition) is 2. The van der Waals surface area contributed by atoms with Crippen LogP contribution in [0.2, 0.25) is 0 Å². The van der Waals surface area contributed by atoms with Gasteiger partial charge in [0.05, 0.1) is 16.3 Å². The highest BCUT2D eigenvalue weighted by molar-refractivity contribution is 7.99. The van der Waals surface area contributed by atoms with Crippen molar-refractivity contribution >= 4 is 34.5 Å². The van der Waals surface area contributed by atoms with Crippen molar-refractivity contribution in [2.45, 2.75) is 11.9 Å². The number of hydrogen-bond acceptors (Lipinski definition) is 6. The Bertz CT molecular complexity index is 1070. The van der Waals surface area contributed by atoms with Crippen molar-refractivity contribution in [1.29, 1.82) is 0 Å². The van der Waals surface area contributed by atoms with E-state index in [2.05, 4.69) is 15.8 Å². The second kappa shape index (κ2) is 7.77. The normalized spacial score (nSPS) is 12.0. The van der Waals surface area contributed by atoms with Gasteiger partial charge in [-0.2, -0.15) is 0 Å². The minimum atomic E-state index is -0.434. The van der Waals surface area contributed by atoms with E-state index in [-0.39, 0.29) is 18.5 Å². The Labute approximate surface area is 165 Å². The number of fused-ring (bicyclic) bond motifs is 2. The molecule has 0 spiro atoms. The van der Waals surface area contributed by atoms with Crippen LogP contribution in [-0.4, -0.2) is 29.3 Å². The Kier molecular flexibility index (Phi) is 5.03. The number of nitrogens with zero attached hydrogens (tertiary/aromatic N) is 1. The van der Waals surface area contributed by atoms with Crippen LogP contribution < -0.4 is 20.3 Å². The van der Waals surface area contributed by atoms with E-state index in [9.17, 15) is 9.59 Å². The van der Waals surface area contributed by atoms with Gasteiger partial charge in [-0.1, -0.05) is 30.0 Å². The molecular weight excluding hydrogens is 378 g/mol. The molecule has 0 aliphatic carbocycles. The monoisotopic (exact) mass is 395 g/mol. The van der Waals surface area contributed by atoms with E-state index in [1.54, 1.807) is 18.2 Å². The van der Waals surface area contributed by atoms with Gasteiger partial charge in [-0.05, 0) is 42.8 Å². The molecule has 2 amide bonds. The predicted octanol–water partition coefficient (Wildman–Crippen LogP) is 2.83. The molecule has 28 heavy (non-hydrogen) atoms. The zero-order chi connectivity index (χ0) is 19.5. The molecular formula is C20H17N3O4S. The fourth-order valence-corrected chi connectivity index (χ4v) is 3.58. The van der Waals surface area contributed by atoms with Crippen LogP contribution in [0.25, 0.3) is 10.9 Å². The van der Waals surface area contributed by atoms with Gasteiger partial charge in [0.1, 0.15) is 0 Å². The van der Waals surface area contributed by atoms with E-state index in [1.165, 1.54) is 11.8 Å². The molecule has 2 heterocycles. The number of pyridine rings is 1. The first-order valence-electron chi connectivity index (χ1n) is 8.58. The number of rotatable bonds is 4. The summed E-state index contributed by atoms with van der Waals surface area (Å²) < 4.78 is 10.5. The highest BCUT2D eigenvalue weighted by Gasteiger charge is 2.16. The molecule has 7 nitrogen and oxygen atoms in total. The van der Waals surface area contributed by atoms with Gasteiger partial charge in [-0.25, -0.2) is 4.98 Å². The van der Waals surface area contributed by atoms with Gasteiger partial charge in [0, 0.05) is 10.9 Å². The van der Waals surface area contributed by atoms with Crippen molar-refractivity contribution in [2.24, 2.45) is 0 Å². The first-order valence-corrected chi connectivity index (χ1v) is 9.57. The Morgan fingerprint density at radius 3 is 2.79 bits per heavy atom. The van der Waals surface area contributed by atoms with Crippen molar-refractivity contribution in [2.75, 3.05) is 12.5 Å². The van der Waals surface area contributed by atoms with Crippen LogP contribution in [-0.2, 0) is 4.79 Å². The van der Waals surface area contributed by atoms with E-state index < -0.39 is 5.91 Å². The summed E-state index contributed by atoms with van der Waals surface area (Å²) in [5.74, 6) is 0.470. The number of amides is 2. The minimum Gasteiger partial charge on any atom is -0.454 e. The number of nitrogens with one attached hydrogen (secondary N) is 2. The molecule has 0 radical (unpaired) electrons. The van der Waals surface area contributed by atoms with Gasteiger partial charge >= 0.3 is 0 Å². The highest BCUT2D eigenvalue weighted by Crippen LogP contribution is 2.32. The number of ether oxygens (including phenoxy) is 2. The Morgan fingerprint density at radius 2 is 1.89 bits per heavy atom. The van der Waals surface area contributed by atoms with E-state index >= 15 is 0 Å². The fourth-order valence-electron chi connectivity index (χ4n) is 2.80. The molecule has 1 aromatic heterocycles. The molecule has 0 bridgehead atoms. The van der Waals surface area contributed by atoms with Gasteiger partial charge < -0.3 is 9.47 Å². The molecule has 0 unspecified atom stereocenters. The predicted molar refractivity (Wildman–Crippen MR) is 105 cm³/mol. The molecule has 0 fully saturated rings. The number of carbonyl (C=O) groups excluding carboxylic acids is 2. The fraction of sp³-hybridized carbons (Fsp3) is 0.150. The molecule has 2 aromatic carbocycles. The third kappa shape index (κ3) is 3.86. The second-order valence-corrected chi connectivity index (χ2v) is 7.15. The zero-order valence-corrected chi connectivity index (χ0v) is 15.8. The molecule has 0 saturated heterocycles. The molecule has 1 aliphatic heterocycles. The van der Waals surface area contributed by atoms with E-state index in [0.29, 0.717) is 17.1 Å². The Morgan fingerprint density at radius 1 is 1.07 bits per heavy atom. The van der Waals surface area contributed by atoms with Crippen LogP contribution in [0, 0.1) is 6.92 Å². The topological polar surface area (TPSA) is 89.6 Å². The van der Waals surface area contributed by atoms with Crippen LogP contribution in [0.4, 0.5) is 0 Å². The Balaban J connectivity index is 1.32. The lowest BCUT2D eigenvalue weighted by Gasteiger charge is -2.09. The van der Waals surface area contributed by atoms with Crippen LogP contribution in [0.1, 0.15) is 15.9 Å².